The molecule has 0 saturated heterocycles. The number of halogens is 5. The number of hydrogen-bond acceptors (Lipinski definition) is 3. The SMILES string of the molecule is CNCc1ccc(C2=NCC(c3cc(Cl)cc(Cl)c3)(C(F)(F)F)C2)cc1NC. The Kier molecular flexibility index (Phi) is 5.94. The lowest BCUT2D eigenvalue weighted by atomic mass is 9.76. The molecule has 1 unspecified atom stereocenters. The van der Waals surface area contributed by atoms with Crippen LogP contribution in [0.2, 0.25) is 10.0 Å². The Bertz CT molecular complexity index is 892. The number of hydrogen-bond donors (Lipinski definition) is 2. The Morgan fingerprint density at radius 3 is 2.32 bits per heavy atom. The van der Waals surface area contributed by atoms with Gasteiger partial charge in [0, 0.05) is 41.5 Å². The molecule has 8 heteroatoms. The van der Waals surface area contributed by atoms with Gasteiger partial charge < -0.3 is 10.6 Å². The first kappa shape index (κ1) is 21.0. The van der Waals surface area contributed by atoms with Crippen molar-refractivity contribution < 1.29 is 13.2 Å². The molecule has 2 N–H and O–H groups in total. The normalized spacial score (nSPS) is 19.6. The third-order valence-corrected chi connectivity index (χ3v) is 5.48. The van der Waals surface area contributed by atoms with E-state index in [9.17, 15) is 13.2 Å². The molecule has 0 fully saturated rings. The maximum Gasteiger partial charge on any atom is 0.400 e. The number of alkyl halides is 3. The van der Waals surface area contributed by atoms with Crippen LogP contribution in [0.25, 0.3) is 0 Å². The zero-order chi connectivity index (χ0) is 20.5. The van der Waals surface area contributed by atoms with Crippen molar-refractivity contribution in [3.05, 3.63) is 63.1 Å². The summed E-state index contributed by atoms with van der Waals surface area (Å²) >= 11 is 12.0. The highest BCUT2D eigenvalue weighted by Crippen LogP contribution is 2.48. The molecule has 2 aromatic carbocycles. The predicted octanol–water partition coefficient (Wildman–Crippen LogP) is 5.45. The number of nitrogens with one attached hydrogen (secondary N) is 2. The summed E-state index contributed by atoms with van der Waals surface area (Å²) in [6.07, 6.45) is -4.76. The third-order valence-electron chi connectivity index (χ3n) is 5.05. The molecule has 0 amide bonds. The molecule has 0 spiro atoms. The standard InChI is InChI=1S/C20H20Cl2F3N3/c1-26-10-13-4-3-12(5-17(13)27-2)18-9-19(11-28-18,20(23,24)25)14-6-15(21)8-16(22)7-14/h3-8,26-27H,9-11H2,1-2H3. The minimum atomic E-state index is -4.50. The monoisotopic (exact) mass is 429 g/mol. The maximum absolute atomic E-state index is 14.2. The highest BCUT2D eigenvalue weighted by atomic mass is 35.5. The molecule has 0 bridgehead atoms. The maximum atomic E-state index is 14.2. The van der Waals surface area contributed by atoms with Gasteiger partial charge in [0.1, 0.15) is 5.41 Å². The molecule has 0 aliphatic carbocycles. The Morgan fingerprint density at radius 2 is 1.75 bits per heavy atom. The fourth-order valence-electron chi connectivity index (χ4n) is 3.53. The lowest BCUT2D eigenvalue weighted by Crippen LogP contribution is -2.43. The molecule has 0 saturated carbocycles. The molecule has 150 valence electrons. The van der Waals surface area contributed by atoms with Crippen LogP contribution in [0.1, 0.15) is 23.1 Å². The summed E-state index contributed by atoms with van der Waals surface area (Å²) in [6.45, 7) is 0.256. The molecule has 3 rings (SSSR count). The fourth-order valence-corrected chi connectivity index (χ4v) is 4.06. The van der Waals surface area contributed by atoms with Gasteiger partial charge in [0.05, 0.1) is 6.54 Å². The summed E-state index contributed by atoms with van der Waals surface area (Å²) in [6, 6.07) is 9.62. The lowest BCUT2D eigenvalue weighted by Gasteiger charge is -2.31. The topological polar surface area (TPSA) is 36.4 Å². The van der Waals surface area contributed by atoms with Crippen LogP contribution in [0.4, 0.5) is 18.9 Å². The molecule has 0 radical (unpaired) electrons. The second-order valence-electron chi connectivity index (χ2n) is 6.83. The van der Waals surface area contributed by atoms with Crippen LogP contribution < -0.4 is 10.6 Å². The van der Waals surface area contributed by atoms with E-state index in [0.717, 1.165) is 11.3 Å². The molecule has 1 aliphatic heterocycles. The van der Waals surface area contributed by atoms with E-state index in [-0.39, 0.29) is 22.0 Å². The smallest absolute Gasteiger partial charge is 0.388 e. The van der Waals surface area contributed by atoms with Crippen molar-refractivity contribution in [1.82, 2.24) is 5.32 Å². The number of rotatable bonds is 5. The highest BCUT2D eigenvalue weighted by Gasteiger charge is 2.58. The van der Waals surface area contributed by atoms with Crippen molar-refractivity contribution in [3.63, 3.8) is 0 Å². The molecule has 1 aliphatic rings. The van der Waals surface area contributed by atoms with Crippen molar-refractivity contribution in [1.29, 1.82) is 0 Å². The van der Waals surface area contributed by atoms with Crippen LogP contribution in [-0.2, 0) is 12.0 Å². The van der Waals surface area contributed by atoms with E-state index in [0.29, 0.717) is 17.8 Å². The number of aliphatic imine (C=N–C) groups is 1. The van der Waals surface area contributed by atoms with E-state index in [1.807, 2.05) is 25.2 Å². The van der Waals surface area contributed by atoms with Crippen LogP contribution in [0.5, 0.6) is 0 Å². The van der Waals surface area contributed by atoms with Crippen LogP contribution in [0.3, 0.4) is 0 Å². The molecule has 3 nitrogen and oxygen atoms in total. The van der Waals surface area contributed by atoms with E-state index in [1.165, 1.54) is 18.2 Å². The summed E-state index contributed by atoms with van der Waals surface area (Å²) in [5, 5.41) is 6.51. The average molecular weight is 430 g/mol. The van der Waals surface area contributed by atoms with Gasteiger partial charge in [0.2, 0.25) is 0 Å². The van der Waals surface area contributed by atoms with E-state index >= 15 is 0 Å². The van der Waals surface area contributed by atoms with Crippen molar-refractivity contribution in [2.45, 2.75) is 24.6 Å². The molecular formula is C20H20Cl2F3N3. The van der Waals surface area contributed by atoms with Crippen LogP contribution in [-0.4, -0.2) is 32.5 Å². The van der Waals surface area contributed by atoms with Crippen LogP contribution in [0.15, 0.2) is 41.4 Å². The molecule has 28 heavy (non-hydrogen) atoms. The first-order valence-corrected chi connectivity index (χ1v) is 9.48. The first-order valence-electron chi connectivity index (χ1n) is 8.72. The fraction of sp³-hybridized carbons (Fsp3) is 0.350. The second-order valence-corrected chi connectivity index (χ2v) is 7.70. The number of nitrogens with zero attached hydrogens (tertiary/aromatic N) is 1. The van der Waals surface area contributed by atoms with Crippen LogP contribution in [0, 0.1) is 0 Å². The molecule has 1 atom stereocenters. The minimum absolute atomic E-state index is 0.0388. The highest BCUT2D eigenvalue weighted by molar-refractivity contribution is 6.34. The average Bonchev–Trinajstić information content (AvgIpc) is 3.08. The minimum Gasteiger partial charge on any atom is -0.388 e. The van der Waals surface area contributed by atoms with Crippen molar-refractivity contribution in [3.8, 4) is 0 Å². The van der Waals surface area contributed by atoms with Gasteiger partial charge in [0.15, 0.2) is 0 Å². The quantitative estimate of drug-likeness (QED) is 0.662. The van der Waals surface area contributed by atoms with Gasteiger partial charge in [-0.05, 0) is 48.0 Å². The van der Waals surface area contributed by atoms with Crippen LogP contribution >= 0.6 is 23.2 Å². The lowest BCUT2D eigenvalue weighted by molar-refractivity contribution is -0.183. The number of benzene rings is 2. The van der Waals surface area contributed by atoms with Gasteiger partial charge in [-0.15, -0.1) is 0 Å². The Labute approximate surface area is 172 Å². The van der Waals surface area contributed by atoms with Gasteiger partial charge in [-0.3, -0.25) is 4.99 Å². The zero-order valence-corrected chi connectivity index (χ0v) is 16.9. The molecular weight excluding hydrogens is 410 g/mol. The summed E-state index contributed by atoms with van der Waals surface area (Å²) in [7, 11) is 3.62. The van der Waals surface area contributed by atoms with Crippen molar-refractivity contribution in [2.75, 3.05) is 26.0 Å². The molecule has 1 heterocycles. The first-order chi connectivity index (χ1) is 13.2. The van der Waals surface area contributed by atoms with E-state index in [1.54, 1.807) is 7.05 Å². The Balaban J connectivity index is 2.00. The van der Waals surface area contributed by atoms with E-state index in [2.05, 4.69) is 15.6 Å². The Morgan fingerprint density at radius 1 is 1.07 bits per heavy atom. The van der Waals surface area contributed by atoms with E-state index in [4.69, 9.17) is 23.2 Å². The van der Waals surface area contributed by atoms with Gasteiger partial charge in [-0.2, -0.15) is 13.2 Å². The van der Waals surface area contributed by atoms with Crippen molar-refractivity contribution >= 4 is 34.6 Å². The zero-order valence-electron chi connectivity index (χ0n) is 15.4. The van der Waals surface area contributed by atoms with Gasteiger partial charge >= 0.3 is 6.18 Å². The summed E-state index contributed by atoms with van der Waals surface area (Å²) in [5.41, 5.74) is 0.863. The van der Waals surface area contributed by atoms with Gasteiger partial charge in [-0.1, -0.05) is 35.3 Å². The summed E-state index contributed by atoms with van der Waals surface area (Å²) < 4.78 is 42.6. The summed E-state index contributed by atoms with van der Waals surface area (Å²) in [4.78, 5) is 4.28. The largest absolute Gasteiger partial charge is 0.400 e. The molecule has 0 aromatic heterocycles. The molecule has 2 aromatic rings. The number of anilines is 1. The van der Waals surface area contributed by atoms with Gasteiger partial charge in [-0.25, -0.2) is 0 Å². The predicted molar refractivity (Wildman–Crippen MR) is 109 cm³/mol. The van der Waals surface area contributed by atoms with E-state index < -0.39 is 18.1 Å². The third kappa shape index (κ3) is 3.86. The summed E-state index contributed by atoms with van der Waals surface area (Å²) in [5.74, 6) is 0. The second kappa shape index (κ2) is 7.93. The van der Waals surface area contributed by atoms with Crippen molar-refractivity contribution in [2.24, 2.45) is 4.99 Å². The van der Waals surface area contributed by atoms with Gasteiger partial charge in [0.25, 0.3) is 0 Å². The Hall–Kier alpha value is -1.76.